The van der Waals surface area contributed by atoms with E-state index in [0.29, 0.717) is 5.69 Å². The van der Waals surface area contributed by atoms with Crippen LogP contribution in [0.15, 0.2) is 42.5 Å². The molecule has 1 atom stereocenters. The summed E-state index contributed by atoms with van der Waals surface area (Å²) < 4.78 is 10.7. The van der Waals surface area contributed by atoms with Crippen LogP contribution in [0.5, 0.6) is 0 Å². The highest BCUT2D eigenvalue weighted by molar-refractivity contribution is 6.14. The molecule has 1 aliphatic rings. The maximum absolute atomic E-state index is 12.6. The number of aliphatic carboxylic acids is 1. The van der Waals surface area contributed by atoms with Crippen molar-refractivity contribution in [2.24, 2.45) is 0 Å². The van der Waals surface area contributed by atoms with E-state index in [4.69, 9.17) is 9.47 Å². The third kappa shape index (κ3) is 2.67. The van der Waals surface area contributed by atoms with Crippen molar-refractivity contribution in [2.45, 2.75) is 25.2 Å². The van der Waals surface area contributed by atoms with E-state index in [1.165, 1.54) is 0 Å². The second-order valence-corrected chi connectivity index (χ2v) is 5.90. The van der Waals surface area contributed by atoms with E-state index in [1.54, 1.807) is 26.0 Å². The SMILES string of the molecule is CC1(C)OC[C@](C(=O)O)(C(=O)Nc2cccc3ccccc23)O1. The number of anilines is 1. The lowest BCUT2D eigenvalue weighted by Gasteiger charge is -2.24. The van der Waals surface area contributed by atoms with Crippen molar-refractivity contribution in [1.82, 2.24) is 0 Å². The highest BCUT2D eigenvalue weighted by Gasteiger charge is 2.57. The Balaban J connectivity index is 1.95. The molecular formula is C17H17NO5. The van der Waals surface area contributed by atoms with Crippen LogP contribution in [0.4, 0.5) is 5.69 Å². The second-order valence-electron chi connectivity index (χ2n) is 5.90. The van der Waals surface area contributed by atoms with Gasteiger partial charge in [-0.05, 0) is 25.3 Å². The molecule has 1 fully saturated rings. The average molecular weight is 315 g/mol. The molecule has 1 amide bonds. The molecule has 23 heavy (non-hydrogen) atoms. The summed E-state index contributed by atoms with van der Waals surface area (Å²) in [6.45, 7) is 2.80. The Morgan fingerprint density at radius 3 is 2.48 bits per heavy atom. The van der Waals surface area contributed by atoms with E-state index in [1.807, 2.05) is 30.3 Å². The van der Waals surface area contributed by atoms with Gasteiger partial charge in [0.2, 0.25) is 0 Å². The molecule has 6 nitrogen and oxygen atoms in total. The van der Waals surface area contributed by atoms with Gasteiger partial charge in [-0.3, -0.25) is 4.79 Å². The lowest BCUT2D eigenvalue weighted by molar-refractivity contribution is -0.187. The third-order valence-corrected chi connectivity index (χ3v) is 3.79. The van der Waals surface area contributed by atoms with Crippen LogP contribution in [0.3, 0.4) is 0 Å². The zero-order valence-corrected chi connectivity index (χ0v) is 12.8. The van der Waals surface area contributed by atoms with Gasteiger partial charge in [-0.2, -0.15) is 0 Å². The van der Waals surface area contributed by atoms with E-state index in [-0.39, 0.29) is 6.61 Å². The Morgan fingerprint density at radius 2 is 1.83 bits per heavy atom. The summed E-state index contributed by atoms with van der Waals surface area (Å²) in [5.74, 6) is -3.26. The lowest BCUT2D eigenvalue weighted by Crippen LogP contribution is -2.53. The second kappa shape index (κ2) is 5.33. The largest absolute Gasteiger partial charge is 0.479 e. The normalized spacial score (nSPS) is 22.9. The number of carbonyl (C=O) groups excluding carboxylic acids is 1. The van der Waals surface area contributed by atoms with Crippen molar-refractivity contribution in [3.8, 4) is 0 Å². The van der Waals surface area contributed by atoms with Gasteiger partial charge < -0.3 is 19.9 Å². The Bertz CT molecular complexity index is 780. The molecule has 0 saturated carbocycles. The van der Waals surface area contributed by atoms with Crippen molar-refractivity contribution in [3.63, 3.8) is 0 Å². The quantitative estimate of drug-likeness (QED) is 0.850. The topological polar surface area (TPSA) is 84.9 Å². The van der Waals surface area contributed by atoms with Crippen LogP contribution in [0.1, 0.15) is 13.8 Å². The maximum atomic E-state index is 12.6. The minimum absolute atomic E-state index is 0.341. The highest BCUT2D eigenvalue weighted by atomic mass is 16.8. The first kappa shape index (κ1) is 15.5. The number of hydrogen-bond acceptors (Lipinski definition) is 4. The lowest BCUT2D eigenvalue weighted by atomic mass is 10.0. The molecule has 120 valence electrons. The van der Waals surface area contributed by atoms with Crippen LogP contribution >= 0.6 is 0 Å². The van der Waals surface area contributed by atoms with Gasteiger partial charge in [0.1, 0.15) is 0 Å². The molecule has 0 spiro atoms. The van der Waals surface area contributed by atoms with E-state index >= 15 is 0 Å². The minimum atomic E-state index is -2.06. The average Bonchev–Trinajstić information content (AvgIpc) is 2.85. The smallest absolute Gasteiger partial charge is 0.348 e. The van der Waals surface area contributed by atoms with Gasteiger partial charge >= 0.3 is 5.97 Å². The molecule has 6 heteroatoms. The van der Waals surface area contributed by atoms with E-state index in [0.717, 1.165) is 10.8 Å². The van der Waals surface area contributed by atoms with E-state index < -0.39 is 23.3 Å². The number of rotatable bonds is 3. The van der Waals surface area contributed by atoms with Crippen molar-refractivity contribution in [2.75, 3.05) is 11.9 Å². The molecule has 2 aromatic carbocycles. The number of nitrogens with one attached hydrogen (secondary N) is 1. The van der Waals surface area contributed by atoms with Crippen molar-refractivity contribution >= 4 is 28.3 Å². The molecule has 0 bridgehead atoms. The minimum Gasteiger partial charge on any atom is -0.479 e. The molecule has 2 N–H and O–H groups in total. The first-order valence-corrected chi connectivity index (χ1v) is 7.21. The first-order chi connectivity index (χ1) is 10.8. The standard InChI is InChI=1S/C17H17NO5/c1-16(2)22-10-17(23-16,15(20)21)14(19)18-13-9-5-7-11-6-3-4-8-12(11)13/h3-9H,10H2,1-2H3,(H,18,19)(H,20,21)/t17-/m1/s1. The molecule has 0 radical (unpaired) electrons. The summed E-state index contributed by atoms with van der Waals surface area (Å²) in [6, 6.07) is 12.9. The fraction of sp³-hybridized carbons (Fsp3) is 0.294. The monoisotopic (exact) mass is 315 g/mol. The van der Waals surface area contributed by atoms with Crippen molar-refractivity contribution in [1.29, 1.82) is 0 Å². The molecule has 2 aromatic rings. The van der Waals surface area contributed by atoms with Crippen LogP contribution in [0, 0.1) is 0 Å². The van der Waals surface area contributed by atoms with Crippen LogP contribution in [0.25, 0.3) is 10.8 Å². The summed E-state index contributed by atoms with van der Waals surface area (Å²) in [4.78, 5) is 24.3. The maximum Gasteiger partial charge on any atom is 0.348 e. The van der Waals surface area contributed by atoms with Crippen LogP contribution in [-0.4, -0.2) is 35.0 Å². The fourth-order valence-corrected chi connectivity index (χ4v) is 2.63. The number of carbonyl (C=O) groups is 2. The Hall–Kier alpha value is -2.44. The molecule has 1 heterocycles. The van der Waals surface area contributed by atoms with Crippen LogP contribution in [0.2, 0.25) is 0 Å². The number of hydrogen-bond donors (Lipinski definition) is 2. The third-order valence-electron chi connectivity index (χ3n) is 3.79. The Kier molecular flexibility index (Phi) is 3.58. The molecule has 1 aliphatic heterocycles. The van der Waals surface area contributed by atoms with Gasteiger partial charge in [0.15, 0.2) is 5.79 Å². The number of carboxylic acids is 1. The number of ether oxygens (including phenoxy) is 2. The predicted molar refractivity (Wildman–Crippen MR) is 84.1 cm³/mol. The fourth-order valence-electron chi connectivity index (χ4n) is 2.63. The van der Waals surface area contributed by atoms with Crippen LogP contribution < -0.4 is 5.32 Å². The van der Waals surface area contributed by atoms with Gasteiger partial charge in [-0.15, -0.1) is 0 Å². The molecule has 1 saturated heterocycles. The van der Waals surface area contributed by atoms with Crippen molar-refractivity contribution < 1.29 is 24.2 Å². The Labute approximate surface area is 133 Å². The molecule has 0 aromatic heterocycles. The van der Waals surface area contributed by atoms with E-state index in [2.05, 4.69) is 5.32 Å². The summed E-state index contributed by atoms with van der Waals surface area (Å²) in [5.41, 5.74) is -1.53. The zero-order valence-electron chi connectivity index (χ0n) is 12.8. The van der Waals surface area contributed by atoms with Gasteiger partial charge in [0.05, 0.1) is 6.61 Å². The summed E-state index contributed by atoms with van der Waals surface area (Å²) in [5, 5.41) is 13.9. The van der Waals surface area contributed by atoms with Crippen LogP contribution in [-0.2, 0) is 19.1 Å². The first-order valence-electron chi connectivity index (χ1n) is 7.21. The number of fused-ring (bicyclic) bond motifs is 1. The summed E-state index contributed by atoms with van der Waals surface area (Å²) >= 11 is 0. The molecular weight excluding hydrogens is 298 g/mol. The summed E-state index contributed by atoms with van der Waals surface area (Å²) in [7, 11) is 0. The number of carboxylic acid groups (broad SMARTS) is 1. The zero-order chi connectivity index (χ0) is 16.7. The number of amides is 1. The predicted octanol–water partition coefficient (Wildman–Crippen LogP) is 2.38. The number of benzene rings is 2. The van der Waals surface area contributed by atoms with Crippen molar-refractivity contribution in [3.05, 3.63) is 42.5 Å². The molecule has 3 rings (SSSR count). The van der Waals surface area contributed by atoms with Gasteiger partial charge in [0, 0.05) is 11.1 Å². The van der Waals surface area contributed by atoms with E-state index in [9.17, 15) is 14.7 Å². The Morgan fingerprint density at radius 1 is 1.13 bits per heavy atom. The van der Waals surface area contributed by atoms with Gasteiger partial charge in [-0.25, -0.2) is 4.79 Å². The van der Waals surface area contributed by atoms with Gasteiger partial charge in [0.25, 0.3) is 11.5 Å². The molecule has 0 aliphatic carbocycles. The summed E-state index contributed by atoms with van der Waals surface area (Å²) in [6.07, 6.45) is 0. The highest BCUT2D eigenvalue weighted by Crippen LogP contribution is 2.33. The van der Waals surface area contributed by atoms with Gasteiger partial charge in [-0.1, -0.05) is 36.4 Å². The molecule has 0 unspecified atom stereocenters.